The minimum absolute atomic E-state index is 0.00738. The van der Waals surface area contributed by atoms with Crippen LogP contribution in [-0.4, -0.2) is 20.9 Å². The average Bonchev–Trinajstić information content (AvgIpc) is 2.66. The second-order valence-corrected chi connectivity index (χ2v) is 9.65. The first-order chi connectivity index (χ1) is 13.7. The van der Waals surface area contributed by atoms with Gasteiger partial charge in [0.05, 0.1) is 10.9 Å². The van der Waals surface area contributed by atoms with Gasteiger partial charge in [0.25, 0.3) is 0 Å². The largest absolute Gasteiger partial charge is 0.349 e. The average molecular weight is 415 g/mol. The van der Waals surface area contributed by atoms with Crippen LogP contribution in [0.4, 0.5) is 0 Å². The molecule has 0 aromatic heterocycles. The first kappa shape index (κ1) is 21.5. The van der Waals surface area contributed by atoms with E-state index in [0.717, 1.165) is 41.5 Å². The van der Waals surface area contributed by atoms with Crippen LogP contribution in [0.2, 0.25) is 0 Å². The molecule has 0 fully saturated rings. The fourth-order valence-corrected chi connectivity index (χ4v) is 5.77. The lowest BCUT2D eigenvalue weighted by molar-refractivity contribution is -0.121. The molecule has 156 valence electrons. The molecular formula is C23H30N2O3S. The Morgan fingerprint density at radius 2 is 1.72 bits per heavy atom. The molecule has 1 amide bonds. The molecule has 2 aromatic carbocycles. The highest BCUT2D eigenvalue weighted by molar-refractivity contribution is 7.89. The summed E-state index contributed by atoms with van der Waals surface area (Å²) in [6.45, 7) is 7.55. The number of rotatable bonds is 6. The summed E-state index contributed by atoms with van der Waals surface area (Å²) in [5, 5.41) is 3.07. The molecule has 3 rings (SSSR count). The van der Waals surface area contributed by atoms with Crippen LogP contribution in [-0.2, 0) is 21.2 Å². The Kier molecular flexibility index (Phi) is 6.44. The van der Waals surface area contributed by atoms with Crippen LogP contribution in [0.25, 0.3) is 0 Å². The number of nitrogens with one attached hydrogen (secondary N) is 2. The molecule has 2 aromatic rings. The van der Waals surface area contributed by atoms with E-state index in [1.165, 1.54) is 11.1 Å². The van der Waals surface area contributed by atoms with Crippen LogP contribution in [0, 0.1) is 27.7 Å². The molecule has 0 spiro atoms. The molecule has 2 N–H and O–H groups in total. The summed E-state index contributed by atoms with van der Waals surface area (Å²) >= 11 is 0. The van der Waals surface area contributed by atoms with E-state index in [1.807, 2.05) is 45.9 Å². The van der Waals surface area contributed by atoms with Gasteiger partial charge in [-0.15, -0.1) is 0 Å². The molecule has 1 aliphatic rings. The maximum Gasteiger partial charge on any atom is 0.241 e. The van der Waals surface area contributed by atoms with Gasteiger partial charge in [0.1, 0.15) is 0 Å². The quantitative estimate of drug-likeness (QED) is 0.755. The van der Waals surface area contributed by atoms with Gasteiger partial charge in [-0.3, -0.25) is 4.79 Å². The van der Waals surface area contributed by atoms with Crippen molar-refractivity contribution < 1.29 is 13.2 Å². The third-order valence-electron chi connectivity index (χ3n) is 5.91. The van der Waals surface area contributed by atoms with Crippen molar-refractivity contribution in [2.24, 2.45) is 0 Å². The molecule has 0 heterocycles. The van der Waals surface area contributed by atoms with Crippen LogP contribution in [0.15, 0.2) is 35.2 Å². The zero-order chi connectivity index (χ0) is 21.2. The van der Waals surface area contributed by atoms with Crippen molar-refractivity contribution in [1.82, 2.24) is 10.0 Å². The maximum atomic E-state index is 12.9. The van der Waals surface area contributed by atoms with E-state index in [9.17, 15) is 13.2 Å². The summed E-state index contributed by atoms with van der Waals surface area (Å²) in [4.78, 5) is 12.8. The van der Waals surface area contributed by atoms with E-state index in [2.05, 4.69) is 22.2 Å². The number of benzene rings is 2. The Labute approximate surface area is 174 Å². The number of amides is 1. The minimum Gasteiger partial charge on any atom is -0.349 e. The summed E-state index contributed by atoms with van der Waals surface area (Å²) in [5.74, 6) is -0.136. The van der Waals surface area contributed by atoms with Crippen molar-refractivity contribution in [3.8, 4) is 0 Å². The molecule has 0 aliphatic heterocycles. The summed E-state index contributed by atoms with van der Waals surface area (Å²) in [6, 6.07) is 10.2. The van der Waals surface area contributed by atoms with Crippen molar-refractivity contribution in [3.05, 3.63) is 63.7 Å². The van der Waals surface area contributed by atoms with Crippen molar-refractivity contribution in [1.29, 1.82) is 0 Å². The highest BCUT2D eigenvalue weighted by atomic mass is 32.2. The first-order valence-electron chi connectivity index (χ1n) is 10.1. The Balaban J connectivity index is 1.63. The molecule has 6 heteroatoms. The van der Waals surface area contributed by atoms with Crippen LogP contribution in [0.5, 0.6) is 0 Å². The van der Waals surface area contributed by atoms with E-state index >= 15 is 0 Å². The number of sulfonamides is 1. The molecule has 1 aliphatic carbocycles. The zero-order valence-electron chi connectivity index (χ0n) is 17.6. The Bertz CT molecular complexity index is 1000. The van der Waals surface area contributed by atoms with E-state index in [4.69, 9.17) is 0 Å². The standard InChI is InChI=1S/C23H30N2O3S/c1-15-14-16(2)18(4)23(17(15)3)29(27,28)24-13-12-22(26)25-21-11-7-9-19-8-5-6-10-20(19)21/h5-6,8,10,14,21,24H,7,9,11-13H2,1-4H3,(H,25,26). The third-order valence-corrected chi connectivity index (χ3v) is 7.65. The third kappa shape index (κ3) is 4.70. The van der Waals surface area contributed by atoms with Crippen LogP contribution >= 0.6 is 0 Å². The molecule has 5 nitrogen and oxygen atoms in total. The minimum atomic E-state index is -3.67. The van der Waals surface area contributed by atoms with Gasteiger partial charge in [0, 0.05) is 13.0 Å². The predicted molar refractivity (Wildman–Crippen MR) is 115 cm³/mol. The lowest BCUT2D eigenvalue weighted by atomic mass is 9.88. The lowest BCUT2D eigenvalue weighted by Crippen LogP contribution is -2.34. The second kappa shape index (κ2) is 8.67. The summed E-state index contributed by atoms with van der Waals surface area (Å²) in [7, 11) is -3.67. The van der Waals surface area contributed by atoms with Crippen molar-refractivity contribution in [2.45, 2.75) is 64.3 Å². The van der Waals surface area contributed by atoms with Crippen molar-refractivity contribution in [2.75, 3.05) is 6.54 Å². The van der Waals surface area contributed by atoms with Gasteiger partial charge < -0.3 is 5.32 Å². The first-order valence-corrected chi connectivity index (χ1v) is 11.6. The molecule has 0 radical (unpaired) electrons. The number of hydrogen-bond donors (Lipinski definition) is 2. The SMILES string of the molecule is Cc1cc(C)c(C)c(S(=O)(=O)NCCC(=O)NC2CCCc3ccccc32)c1C. The van der Waals surface area contributed by atoms with Crippen LogP contribution < -0.4 is 10.0 Å². The van der Waals surface area contributed by atoms with E-state index < -0.39 is 10.0 Å². The molecule has 1 unspecified atom stereocenters. The van der Waals surface area contributed by atoms with Crippen molar-refractivity contribution >= 4 is 15.9 Å². The molecule has 1 atom stereocenters. The number of carbonyl (C=O) groups is 1. The molecule has 0 bridgehead atoms. The van der Waals surface area contributed by atoms with Gasteiger partial charge in [0.15, 0.2) is 0 Å². The molecule has 29 heavy (non-hydrogen) atoms. The fourth-order valence-electron chi connectivity index (χ4n) is 4.13. The summed E-state index contributed by atoms with van der Waals surface area (Å²) in [5.41, 5.74) is 5.86. The second-order valence-electron chi connectivity index (χ2n) is 7.95. The number of hydrogen-bond acceptors (Lipinski definition) is 3. The van der Waals surface area contributed by atoms with E-state index in [0.29, 0.717) is 4.90 Å². The van der Waals surface area contributed by atoms with Gasteiger partial charge in [-0.2, -0.15) is 0 Å². The predicted octanol–water partition coefficient (Wildman–Crippen LogP) is 3.78. The Morgan fingerprint density at radius 3 is 2.41 bits per heavy atom. The van der Waals surface area contributed by atoms with Gasteiger partial charge >= 0.3 is 0 Å². The molecular weight excluding hydrogens is 384 g/mol. The van der Waals surface area contributed by atoms with E-state index in [1.54, 1.807) is 0 Å². The monoisotopic (exact) mass is 414 g/mol. The van der Waals surface area contributed by atoms with Gasteiger partial charge in [-0.1, -0.05) is 30.3 Å². The number of aryl methyl sites for hydroxylation is 3. The van der Waals surface area contributed by atoms with Gasteiger partial charge in [-0.25, -0.2) is 13.1 Å². The Morgan fingerprint density at radius 1 is 1.07 bits per heavy atom. The van der Waals surface area contributed by atoms with Gasteiger partial charge in [-0.05, 0) is 80.3 Å². The fraction of sp³-hybridized carbons (Fsp3) is 0.435. The zero-order valence-corrected chi connectivity index (χ0v) is 18.4. The van der Waals surface area contributed by atoms with Crippen LogP contribution in [0.1, 0.15) is 58.7 Å². The maximum absolute atomic E-state index is 12.9. The van der Waals surface area contributed by atoms with Crippen molar-refractivity contribution in [3.63, 3.8) is 0 Å². The van der Waals surface area contributed by atoms with Crippen LogP contribution in [0.3, 0.4) is 0 Å². The summed E-state index contributed by atoms with van der Waals surface area (Å²) in [6.07, 6.45) is 3.10. The number of carbonyl (C=O) groups excluding carboxylic acids is 1. The van der Waals surface area contributed by atoms with Gasteiger partial charge in [0.2, 0.25) is 15.9 Å². The highest BCUT2D eigenvalue weighted by Gasteiger charge is 2.23. The Hall–Kier alpha value is -2.18. The lowest BCUT2D eigenvalue weighted by Gasteiger charge is -2.26. The molecule has 0 saturated carbocycles. The number of fused-ring (bicyclic) bond motifs is 1. The topological polar surface area (TPSA) is 75.3 Å². The smallest absolute Gasteiger partial charge is 0.241 e. The molecule has 0 saturated heterocycles. The highest BCUT2D eigenvalue weighted by Crippen LogP contribution is 2.29. The normalized spacial score (nSPS) is 16.3. The van der Waals surface area contributed by atoms with E-state index in [-0.39, 0.29) is 24.9 Å². The summed E-state index contributed by atoms with van der Waals surface area (Å²) < 4.78 is 28.4.